The number of Topliss-reactive ketones (excluding diaryl/α,β-unsaturated/α-hetero) is 1. The van der Waals surface area contributed by atoms with Crippen molar-refractivity contribution < 1.29 is 9.90 Å². The molecule has 2 aromatic carbocycles. The number of hydrogen-bond acceptors (Lipinski definition) is 2. The van der Waals surface area contributed by atoms with Gasteiger partial charge in [-0.1, -0.05) is 42.5 Å². The van der Waals surface area contributed by atoms with E-state index in [0.717, 1.165) is 22.3 Å². The molecule has 1 aliphatic carbocycles. The lowest BCUT2D eigenvalue weighted by atomic mass is 9.86. The fourth-order valence-corrected chi connectivity index (χ4v) is 3.08. The van der Waals surface area contributed by atoms with Gasteiger partial charge in [0.1, 0.15) is 0 Å². The summed E-state index contributed by atoms with van der Waals surface area (Å²) in [5.74, 6) is -0.431. The molecule has 0 spiro atoms. The van der Waals surface area contributed by atoms with Crippen molar-refractivity contribution >= 4 is 5.78 Å². The minimum atomic E-state index is -0.733. The van der Waals surface area contributed by atoms with Gasteiger partial charge in [-0.15, -0.1) is 0 Å². The molecule has 1 aliphatic rings. The van der Waals surface area contributed by atoms with Crippen LogP contribution in [0.15, 0.2) is 42.5 Å². The number of hydrogen-bond donors (Lipinski definition) is 1. The second-order valence-electron chi connectivity index (χ2n) is 5.18. The Hall–Kier alpha value is -1.93. The molecule has 2 heteroatoms. The first kappa shape index (κ1) is 12.1. The molecule has 0 saturated heterocycles. The van der Waals surface area contributed by atoms with Crippen LogP contribution in [0.1, 0.15) is 44.6 Å². The van der Waals surface area contributed by atoms with Gasteiger partial charge in [-0.25, -0.2) is 0 Å². The van der Waals surface area contributed by atoms with Crippen LogP contribution < -0.4 is 0 Å². The molecular weight excluding hydrogens is 236 g/mol. The Labute approximate surface area is 112 Å². The van der Waals surface area contributed by atoms with Crippen molar-refractivity contribution in [1.82, 2.24) is 0 Å². The number of aliphatic hydroxyl groups excluding tert-OH is 1. The van der Waals surface area contributed by atoms with E-state index in [-0.39, 0.29) is 5.78 Å². The van der Waals surface area contributed by atoms with Gasteiger partial charge < -0.3 is 5.11 Å². The van der Waals surface area contributed by atoms with Crippen molar-refractivity contribution in [3.63, 3.8) is 0 Å². The molecule has 0 saturated carbocycles. The van der Waals surface area contributed by atoms with E-state index in [1.54, 1.807) is 6.07 Å². The van der Waals surface area contributed by atoms with Gasteiger partial charge in [0.15, 0.2) is 5.78 Å². The van der Waals surface area contributed by atoms with E-state index in [4.69, 9.17) is 0 Å². The Morgan fingerprint density at radius 3 is 2.21 bits per heavy atom. The number of carbonyl (C=O) groups is 1. The topological polar surface area (TPSA) is 37.3 Å². The van der Waals surface area contributed by atoms with Gasteiger partial charge in [0, 0.05) is 5.56 Å². The molecule has 96 valence electrons. The van der Waals surface area contributed by atoms with Gasteiger partial charge >= 0.3 is 0 Å². The minimum absolute atomic E-state index is 0.0282. The van der Waals surface area contributed by atoms with Crippen LogP contribution in [-0.4, -0.2) is 10.9 Å². The Morgan fingerprint density at radius 1 is 0.947 bits per heavy atom. The first-order valence-corrected chi connectivity index (χ1v) is 6.48. The molecule has 0 aliphatic heterocycles. The van der Waals surface area contributed by atoms with Crippen LogP contribution in [0.4, 0.5) is 0 Å². The van der Waals surface area contributed by atoms with E-state index in [9.17, 15) is 9.90 Å². The fourth-order valence-electron chi connectivity index (χ4n) is 3.08. The zero-order valence-electron chi connectivity index (χ0n) is 11.1. The van der Waals surface area contributed by atoms with Crippen LogP contribution in [0.3, 0.4) is 0 Å². The molecule has 0 aromatic heterocycles. The molecule has 2 aromatic rings. The number of aryl methyl sites for hydroxylation is 2. The predicted molar refractivity (Wildman–Crippen MR) is 74.4 cm³/mol. The predicted octanol–water partition coefficient (Wildman–Crippen LogP) is 3.32. The van der Waals surface area contributed by atoms with E-state index in [2.05, 4.69) is 0 Å². The monoisotopic (exact) mass is 252 g/mol. The van der Waals surface area contributed by atoms with Crippen LogP contribution in [-0.2, 0) is 0 Å². The number of fused-ring (bicyclic) bond motifs is 1. The zero-order chi connectivity index (χ0) is 13.6. The van der Waals surface area contributed by atoms with Crippen LogP contribution in [0, 0.1) is 13.8 Å². The average Bonchev–Trinajstić information content (AvgIpc) is 2.64. The van der Waals surface area contributed by atoms with Crippen molar-refractivity contribution in [3.8, 4) is 0 Å². The molecule has 1 N–H and O–H groups in total. The lowest BCUT2D eigenvalue weighted by molar-refractivity contribution is 0.0871. The SMILES string of the molecule is Cc1cccc(C)c1[C@H]1C(=O)c2ccccc2[C@@H]1O. The Balaban J connectivity index is 2.17. The highest BCUT2D eigenvalue weighted by Gasteiger charge is 2.40. The quantitative estimate of drug-likeness (QED) is 0.845. The Morgan fingerprint density at radius 2 is 1.58 bits per heavy atom. The fraction of sp³-hybridized carbons (Fsp3) is 0.235. The smallest absolute Gasteiger partial charge is 0.173 e. The maximum absolute atomic E-state index is 12.6. The molecule has 19 heavy (non-hydrogen) atoms. The highest BCUT2D eigenvalue weighted by molar-refractivity contribution is 6.06. The van der Waals surface area contributed by atoms with E-state index < -0.39 is 12.0 Å². The first-order chi connectivity index (χ1) is 9.11. The summed E-state index contributed by atoms with van der Waals surface area (Å²) in [7, 11) is 0. The van der Waals surface area contributed by atoms with Gasteiger partial charge in [-0.05, 0) is 36.1 Å². The summed E-state index contributed by atoms with van der Waals surface area (Å²) < 4.78 is 0. The van der Waals surface area contributed by atoms with Crippen molar-refractivity contribution in [1.29, 1.82) is 0 Å². The maximum atomic E-state index is 12.6. The molecule has 0 heterocycles. The van der Waals surface area contributed by atoms with E-state index in [1.165, 1.54) is 0 Å². The maximum Gasteiger partial charge on any atom is 0.173 e. The van der Waals surface area contributed by atoms with Crippen LogP contribution >= 0.6 is 0 Å². The first-order valence-electron chi connectivity index (χ1n) is 6.48. The van der Waals surface area contributed by atoms with Gasteiger partial charge in [-0.3, -0.25) is 4.79 Å². The van der Waals surface area contributed by atoms with E-state index in [1.807, 2.05) is 50.2 Å². The second-order valence-corrected chi connectivity index (χ2v) is 5.18. The third-order valence-electron chi connectivity index (χ3n) is 4.00. The molecule has 0 fully saturated rings. The highest BCUT2D eigenvalue weighted by Crippen LogP contribution is 2.44. The number of benzene rings is 2. The summed E-state index contributed by atoms with van der Waals surface area (Å²) in [5, 5.41) is 10.5. The van der Waals surface area contributed by atoms with Crippen molar-refractivity contribution in [2.45, 2.75) is 25.9 Å². The summed E-state index contributed by atoms with van der Waals surface area (Å²) in [6.45, 7) is 3.98. The van der Waals surface area contributed by atoms with Gasteiger partial charge in [0.25, 0.3) is 0 Å². The molecule has 0 amide bonds. The number of rotatable bonds is 1. The van der Waals surface area contributed by atoms with Crippen molar-refractivity contribution in [2.24, 2.45) is 0 Å². The number of aliphatic hydroxyl groups is 1. The van der Waals surface area contributed by atoms with Crippen molar-refractivity contribution in [2.75, 3.05) is 0 Å². The molecule has 3 rings (SSSR count). The Kier molecular flexibility index (Phi) is 2.76. The normalized spacial score (nSPS) is 21.5. The highest BCUT2D eigenvalue weighted by atomic mass is 16.3. The van der Waals surface area contributed by atoms with Gasteiger partial charge in [-0.2, -0.15) is 0 Å². The zero-order valence-corrected chi connectivity index (χ0v) is 11.1. The second kappa shape index (κ2) is 4.32. The summed E-state index contributed by atoms with van der Waals surface area (Å²) in [6, 6.07) is 13.3. The van der Waals surface area contributed by atoms with E-state index in [0.29, 0.717) is 5.56 Å². The third kappa shape index (κ3) is 1.71. The molecular formula is C17H16O2. The molecule has 0 bridgehead atoms. The Bertz CT molecular complexity index is 638. The third-order valence-corrected chi connectivity index (χ3v) is 4.00. The molecule has 2 nitrogen and oxygen atoms in total. The van der Waals surface area contributed by atoms with Crippen LogP contribution in [0.25, 0.3) is 0 Å². The van der Waals surface area contributed by atoms with Gasteiger partial charge in [0.05, 0.1) is 12.0 Å². The lowest BCUT2D eigenvalue weighted by Crippen LogP contribution is -2.14. The largest absolute Gasteiger partial charge is 0.387 e. The van der Waals surface area contributed by atoms with Crippen LogP contribution in [0.5, 0.6) is 0 Å². The number of carbonyl (C=O) groups excluding carboxylic acids is 1. The average molecular weight is 252 g/mol. The van der Waals surface area contributed by atoms with Crippen LogP contribution in [0.2, 0.25) is 0 Å². The molecule has 0 radical (unpaired) electrons. The number of ketones is 1. The summed E-state index contributed by atoms with van der Waals surface area (Å²) in [4.78, 5) is 12.6. The summed E-state index contributed by atoms with van der Waals surface area (Å²) in [6.07, 6.45) is -0.733. The standard InChI is InChI=1S/C17H16O2/c1-10-6-5-7-11(2)14(10)15-16(18)12-8-3-4-9-13(12)17(15)19/h3-9,15-16,18H,1-2H3/t15-,16+/m1/s1. The summed E-state index contributed by atoms with van der Waals surface area (Å²) >= 11 is 0. The van der Waals surface area contributed by atoms with E-state index >= 15 is 0 Å². The van der Waals surface area contributed by atoms with Crippen molar-refractivity contribution in [3.05, 3.63) is 70.3 Å². The summed E-state index contributed by atoms with van der Waals surface area (Å²) in [5.41, 5.74) is 4.49. The molecule has 0 unspecified atom stereocenters. The lowest BCUT2D eigenvalue weighted by Gasteiger charge is -2.19. The van der Waals surface area contributed by atoms with Gasteiger partial charge in [0.2, 0.25) is 0 Å². The minimum Gasteiger partial charge on any atom is -0.387 e. The molecule has 2 atom stereocenters.